The summed E-state index contributed by atoms with van der Waals surface area (Å²) in [5.41, 5.74) is 2.52. The van der Waals surface area contributed by atoms with Crippen molar-refractivity contribution in [3.8, 4) is 17.1 Å². The second kappa shape index (κ2) is 7.52. The SMILES string of the molecule is CCc1c2c(nc3cc(F)c4c(c13)N(CC)CCO4)-c1cc3c(c(=O)n1C2)COC(=O)[C@]3(O)CC. The number of aliphatic hydroxyl groups is 1. The minimum atomic E-state index is -1.89. The lowest BCUT2D eigenvalue weighted by Gasteiger charge is -2.32. The van der Waals surface area contributed by atoms with Crippen molar-refractivity contribution >= 4 is 22.6 Å². The number of nitrogens with zero attached hydrogens (tertiary/aromatic N) is 3. The number of pyridine rings is 2. The molecular formula is C26H26FN3O5. The van der Waals surface area contributed by atoms with Crippen molar-refractivity contribution < 1.29 is 23.8 Å². The first kappa shape index (κ1) is 22.0. The maximum atomic E-state index is 15.1. The number of likely N-dealkylation sites (N-methyl/N-ethyl adjacent to an activating group) is 1. The summed E-state index contributed by atoms with van der Waals surface area (Å²) in [5, 5.41) is 11.9. The first-order valence-corrected chi connectivity index (χ1v) is 12.1. The fourth-order valence-electron chi connectivity index (χ4n) is 5.78. The highest BCUT2D eigenvalue weighted by atomic mass is 19.1. The lowest BCUT2D eigenvalue weighted by molar-refractivity contribution is -0.172. The van der Waals surface area contributed by atoms with Crippen molar-refractivity contribution in [1.29, 1.82) is 0 Å². The van der Waals surface area contributed by atoms with Gasteiger partial charge in [0.05, 0.1) is 41.2 Å². The van der Waals surface area contributed by atoms with Crippen LogP contribution in [0.15, 0.2) is 16.9 Å². The molecule has 0 unspecified atom stereocenters. The van der Waals surface area contributed by atoms with Crippen molar-refractivity contribution in [3.05, 3.63) is 50.6 Å². The van der Waals surface area contributed by atoms with Gasteiger partial charge in [0.1, 0.15) is 13.2 Å². The Hall–Kier alpha value is -3.46. The van der Waals surface area contributed by atoms with Gasteiger partial charge in [-0.25, -0.2) is 14.2 Å². The van der Waals surface area contributed by atoms with Crippen molar-refractivity contribution in [2.45, 2.75) is 52.4 Å². The molecule has 6 rings (SSSR count). The van der Waals surface area contributed by atoms with E-state index < -0.39 is 17.4 Å². The van der Waals surface area contributed by atoms with E-state index in [0.29, 0.717) is 55.3 Å². The second-order valence-corrected chi connectivity index (χ2v) is 9.23. The Morgan fingerprint density at radius 2 is 1.97 bits per heavy atom. The van der Waals surface area contributed by atoms with Crippen molar-refractivity contribution in [2.75, 3.05) is 24.6 Å². The summed E-state index contributed by atoms with van der Waals surface area (Å²) in [6.45, 7) is 7.62. The van der Waals surface area contributed by atoms with Crippen LogP contribution >= 0.6 is 0 Å². The molecule has 0 aliphatic carbocycles. The number of aromatic nitrogens is 2. The van der Waals surface area contributed by atoms with Crippen molar-refractivity contribution in [2.24, 2.45) is 0 Å². The molecule has 0 amide bonds. The zero-order valence-electron chi connectivity index (χ0n) is 19.9. The largest absolute Gasteiger partial charge is 0.486 e. The average molecular weight is 480 g/mol. The molecule has 3 aromatic rings. The maximum absolute atomic E-state index is 15.1. The number of ether oxygens (including phenoxy) is 2. The lowest BCUT2D eigenvalue weighted by atomic mass is 9.86. The van der Waals surface area contributed by atoms with Gasteiger partial charge in [-0.3, -0.25) is 4.79 Å². The molecule has 5 heterocycles. The van der Waals surface area contributed by atoms with Gasteiger partial charge in [0.2, 0.25) is 0 Å². The molecule has 2 aromatic heterocycles. The number of hydrogen-bond donors (Lipinski definition) is 1. The number of benzene rings is 1. The van der Waals surface area contributed by atoms with E-state index in [9.17, 15) is 14.7 Å². The van der Waals surface area contributed by atoms with Gasteiger partial charge in [0.25, 0.3) is 5.56 Å². The van der Waals surface area contributed by atoms with Gasteiger partial charge in [-0.15, -0.1) is 0 Å². The van der Waals surface area contributed by atoms with Crippen LogP contribution in [0.3, 0.4) is 0 Å². The van der Waals surface area contributed by atoms with Gasteiger partial charge in [0.15, 0.2) is 17.2 Å². The molecular weight excluding hydrogens is 453 g/mol. The van der Waals surface area contributed by atoms with Gasteiger partial charge >= 0.3 is 5.97 Å². The number of esters is 1. The third kappa shape index (κ3) is 2.78. The Kier molecular flexibility index (Phi) is 4.73. The van der Waals surface area contributed by atoms with Crippen molar-refractivity contribution in [1.82, 2.24) is 9.55 Å². The number of anilines is 1. The van der Waals surface area contributed by atoms with E-state index in [4.69, 9.17) is 14.5 Å². The highest BCUT2D eigenvalue weighted by Gasteiger charge is 2.45. The Labute approximate surface area is 200 Å². The summed E-state index contributed by atoms with van der Waals surface area (Å²) in [7, 11) is 0. The summed E-state index contributed by atoms with van der Waals surface area (Å²) in [6, 6.07) is 3.08. The monoisotopic (exact) mass is 479 g/mol. The van der Waals surface area contributed by atoms with E-state index in [-0.39, 0.29) is 35.5 Å². The Balaban J connectivity index is 1.67. The summed E-state index contributed by atoms with van der Waals surface area (Å²) >= 11 is 0. The van der Waals surface area contributed by atoms with Crippen LogP contribution < -0.4 is 15.2 Å². The molecule has 0 saturated carbocycles. The highest BCUT2D eigenvalue weighted by Crippen LogP contribution is 2.46. The van der Waals surface area contributed by atoms with Crippen LogP contribution in [-0.2, 0) is 34.7 Å². The first-order chi connectivity index (χ1) is 16.8. The average Bonchev–Trinajstić information content (AvgIpc) is 3.23. The zero-order chi connectivity index (χ0) is 24.6. The molecule has 1 atom stereocenters. The molecule has 1 N–H and O–H groups in total. The molecule has 0 radical (unpaired) electrons. The molecule has 9 heteroatoms. The molecule has 0 bridgehead atoms. The molecule has 8 nitrogen and oxygen atoms in total. The third-order valence-electron chi connectivity index (χ3n) is 7.63. The van der Waals surface area contributed by atoms with Crippen molar-refractivity contribution in [3.63, 3.8) is 0 Å². The smallest absolute Gasteiger partial charge is 0.343 e. The van der Waals surface area contributed by atoms with Gasteiger partial charge in [0, 0.05) is 29.1 Å². The third-order valence-corrected chi connectivity index (χ3v) is 7.63. The molecule has 35 heavy (non-hydrogen) atoms. The summed E-state index contributed by atoms with van der Waals surface area (Å²) in [4.78, 5) is 32.9. The number of halogens is 1. The predicted molar refractivity (Wildman–Crippen MR) is 127 cm³/mol. The van der Waals surface area contributed by atoms with Crippen LogP contribution in [0, 0.1) is 5.82 Å². The van der Waals surface area contributed by atoms with Gasteiger partial charge in [-0.2, -0.15) is 0 Å². The predicted octanol–water partition coefficient (Wildman–Crippen LogP) is 3.00. The minimum absolute atomic E-state index is 0.0736. The second-order valence-electron chi connectivity index (χ2n) is 9.23. The Morgan fingerprint density at radius 3 is 2.69 bits per heavy atom. The number of cyclic esters (lactones) is 1. The quantitative estimate of drug-likeness (QED) is 0.452. The van der Waals surface area contributed by atoms with Crippen LogP contribution in [0.2, 0.25) is 0 Å². The number of hydrogen-bond acceptors (Lipinski definition) is 7. The first-order valence-electron chi connectivity index (χ1n) is 12.1. The van der Waals surface area contributed by atoms with E-state index >= 15 is 4.39 Å². The normalized spacial score (nSPS) is 20.1. The van der Waals surface area contributed by atoms with Crippen LogP contribution in [-0.4, -0.2) is 40.3 Å². The number of carbonyl (C=O) groups is 1. The molecule has 1 aromatic carbocycles. The summed E-state index contributed by atoms with van der Waals surface area (Å²) < 4.78 is 27.6. The molecule has 0 saturated heterocycles. The summed E-state index contributed by atoms with van der Waals surface area (Å²) in [6.07, 6.45) is 0.726. The van der Waals surface area contributed by atoms with Crippen LogP contribution in [0.1, 0.15) is 49.4 Å². The molecule has 0 fully saturated rings. The fraction of sp³-hybridized carbons (Fsp3) is 0.423. The molecule has 182 valence electrons. The molecule has 3 aliphatic heterocycles. The van der Waals surface area contributed by atoms with Crippen LogP contribution in [0.5, 0.6) is 5.75 Å². The minimum Gasteiger partial charge on any atom is -0.486 e. The van der Waals surface area contributed by atoms with E-state index in [0.717, 1.165) is 16.5 Å². The molecule has 0 spiro atoms. The molecule has 3 aliphatic rings. The van der Waals surface area contributed by atoms with Gasteiger partial charge in [-0.05, 0) is 31.4 Å². The van der Waals surface area contributed by atoms with E-state index in [1.807, 2.05) is 13.8 Å². The lowest BCUT2D eigenvalue weighted by Crippen LogP contribution is -2.44. The van der Waals surface area contributed by atoms with E-state index in [1.165, 1.54) is 6.07 Å². The standard InChI is InChI=1S/C26H26FN3O5/c1-4-13-14-11-30-19(9-16-15(24(30)31)12-35-25(32)26(16,33)5-2)21(14)28-18-10-17(27)23-22(20(13)18)29(6-3)7-8-34-23/h9-10,33H,4-8,11-12H2,1-3H3/t26-/m0/s1. The van der Waals surface area contributed by atoms with Gasteiger partial charge in [-0.1, -0.05) is 13.8 Å². The Bertz CT molecular complexity index is 1500. The Morgan fingerprint density at radius 1 is 1.17 bits per heavy atom. The van der Waals surface area contributed by atoms with E-state index in [2.05, 4.69) is 4.90 Å². The fourth-order valence-corrected chi connectivity index (χ4v) is 5.78. The number of fused-ring (bicyclic) bond motifs is 7. The maximum Gasteiger partial charge on any atom is 0.343 e. The number of aryl methyl sites for hydroxylation is 1. The summed E-state index contributed by atoms with van der Waals surface area (Å²) in [5.74, 6) is -0.984. The topological polar surface area (TPSA) is 93.9 Å². The van der Waals surface area contributed by atoms with E-state index in [1.54, 1.807) is 17.6 Å². The zero-order valence-corrected chi connectivity index (χ0v) is 19.9. The number of carbonyl (C=O) groups excluding carboxylic acids is 1. The van der Waals surface area contributed by atoms with Crippen LogP contribution in [0.4, 0.5) is 10.1 Å². The van der Waals surface area contributed by atoms with Gasteiger partial charge < -0.3 is 24.0 Å². The van der Waals surface area contributed by atoms with Crippen LogP contribution in [0.25, 0.3) is 22.3 Å². The number of rotatable bonds is 3. The highest BCUT2D eigenvalue weighted by molar-refractivity contribution is 6.01.